The predicted octanol–water partition coefficient (Wildman–Crippen LogP) is 10.2. The van der Waals surface area contributed by atoms with Gasteiger partial charge in [-0.1, -0.05) is 170 Å². The molecular formula is C33H54ClN. The van der Waals surface area contributed by atoms with Crippen molar-refractivity contribution in [1.82, 2.24) is 0 Å². The first-order chi connectivity index (χ1) is 16.7. The van der Waals surface area contributed by atoms with Crippen LogP contribution in [0.15, 0.2) is 60.7 Å². The third-order valence-electron chi connectivity index (χ3n) is 7.33. The molecule has 2 N–H and O–H groups in total. The normalized spacial score (nSPS) is 11.4. The van der Waals surface area contributed by atoms with Gasteiger partial charge in [0.05, 0.1) is 0 Å². The Morgan fingerprint density at radius 1 is 0.486 bits per heavy atom. The van der Waals surface area contributed by atoms with Crippen molar-refractivity contribution in [1.29, 1.82) is 0 Å². The van der Waals surface area contributed by atoms with Crippen LogP contribution >= 0.6 is 12.4 Å². The molecule has 0 fully saturated rings. The van der Waals surface area contributed by atoms with E-state index in [0.29, 0.717) is 0 Å². The minimum Gasteiger partial charge on any atom is -0.324 e. The van der Waals surface area contributed by atoms with Gasteiger partial charge in [0, 0.05) is 5.54 Å². The zero-order valence-electron chi connectivity index (χ0n) is 22.7. The quantitative estimate of drug-likeness (QED) is 0.170. The van der Waals surface area contributed by atoms with E-state index in [1.807, 2.05) is 0 Å². The van der Waals surface area contributed by atoms with Crippen LogP contribution in [0.3, 0.4) is 0 Å². The van der Waals surface area contributed by atoms with Crippen LogP contribution in [-0.4, -0.2) is 5.54 Å². The Morgan fingerprint density at radius 2 is 0.800 bits per heavy atom. The third-order valence-corrected chi connectivity index (χ3v) is 7.33. The first-order valence-electron chi connectivity index (χ1n) is 14.6. The maximum Gasteiger partial charge on any atom is 0.0235 e. The standard InChI is InChI=1S/C33H53N.ClH/c1-2-3-4-5-6-7-8-9-10-11-12-13-14-15-16-23-28-33(34,29-31-24-19-17-20-25-31)30-32-26-21-18-22-27-32;/h17-22,24-27H,2-16,23,28-30,34H2,1H3;1H. The monoisotopic (exact) mass is 499 g/mol. The molecule has 35 heavy (non-hydrogen) atoms. The minimum atomic E-state index is -0.154. The second kappa shape index (κ2) is 20.8. The molecule has 0 aliphatic carbocycles. The summed E-state index contributed by atoms with van der Waals surface area (Å²) in [5.74, 6) is 0. The topological polar surface area (TPSA) is 26.0 Å². The first kappa shape index (κ1) is 31.7. The highest BCUT2D eigenvalue weighted by Gasteiger charge is 2.25. The van der Waals surface area contributed by atoms with Gasteiger partial charge in [-0.2, -0.15) is 0 Å². The predicted molar refractivity (Wildman–Crippen MR) is 159 cm³/mol. The molecule has 0 radical (unpaired) electrons. The van der Waals surface area contributed by atoms with Crippen LogP contribution in [0.4, 0.5) is 0 Å². The molecule has 2 aromatic carbocycles. The molecule has 0 aliphatic heterocycles. The van der Waals surface area contributed by atoms with Crippen LogP contribution in [-0.2, 0) is 12.8 Å². The summed E-state index contributed by atoms with van der Waals surface area (Å²) in [7, 11) is 0. The van der Waals surface area contributed by atoms with E-state index in [0.717, 1.165) is 19.3 Å². The summed E-state index contributed by atoms with van der Waals surface area (Å²) >= 11 is 0. The van der Waals surface area contributed by atoms with Gasteiger partial charge in [0.1, 0.15) is 0 Å². The van der Waals surface area contributed by atoms with Crippen molar-refractivity contribution in [3.8, 4) is 0 Å². The molecule has 0 saturated carbocycles. The lowest BCUT2D eigenvalue weighted by Crippen LogP contribution is -2.44. The van der Waals surface area contributed by atoms with Gasteiger partial charge in [0.2, 0.25) is 0 Å². The number of halogens is 1. The Kier molecular flexibility index (Phi) is 18.9. The maximum absolute atomic E-state index is 7.02. The number of rotatable bonds is 21. The maximum atomic E-state index is 7.02. The van der Waals surface area contributed by atoms with Crippen molar-refractivity contribution < 1.29 is 0 Å². The summed E-state index contributed by atoms with van der Waals surface area (Å²) in [4.78, 5) is 0. The molecule has 198 valence electrons. The van der Waals surface area contributed by atoms with E-state index < -0.39 is 0 Å². The van der Waals surface area contributed by atoms with Crippen LogP contribution in [0, 0.1) is 0 Å². The number of nitrogens with two attached hydrogens (primary N) is 1. The number of hydrogen-bond donors (Lipinski definition) is 1. The van der Waals surface area contributed by atoms with Gasteiger partial charge in [0.15, 0.2) is 0 Å². The smallest absolute Gasteiger partial charge is 0.0235 e. The van der Waals surface area contributed by atoms with Crippen LogP contribution in [0.2, 0.25) is 0 Å². The van der Waals surface area contributed by atoms with Crippen molar-refractivity contribution >= 4 is 12.4 Å². The molecule has 0 aromatic heterocycles. The fraction of sp³-hybridized carbons (Fsp3) is 0.636. The van der Waals surface area contributed by atoms with Crippen molar-refractivity contribution in [2.45, 2.75) is 134 Å². The van der Waals surface area contributed by atoms with Crippen molar-refractivity contribution in [2.24, 2.45) is 5.73 Å². The largest absolute Gasteiger partial charge is 0.324 e. The van der Waals surface area contributed by atoms with E-state index in [1.165, 1.54) is 114 Å². The summed E-state index contributed by atoms with van der Waals surface area (Å²) in [6.07, 6.45) is 25.6. The SMILES string of the molecule is CCCCCCCCCCCCCCCCCCC(N)(Cc1ccccc1)Cc1ccccc1.Cl. The lowest BCUT2D eigenvalue weighted by molar-refractivity contribution is 0.367. The highest BCUT2D eigenvalue weighted by atomic mass is 35.5. The van der Waals surface area contributed by atoms with Gasteiger partial charge < -0.3 is 5.73 Å². The van der Waals surface area contributed by atoms with Gasteiger partial charge >= 0.3 is 0 Å². The van der Waals surface area contributed by atoms with Gasteiger partial charge in [-0.3, -0.25) is 0 Å². The van der Waals surface area contributed by atoms with Crippen LogP contribution in [0.5, 0.6) is 0 Å². The molecule has 0 saturated heterocycles. The van der Waals surface area contributed by atoms with Gasteiger partial charge in [-0.05, 0) is 30.4 Å². The van der Waals surface area contributed by atoms with Crippen molar-refractivity contribution in [3.05, 3.63) is 71.8 Å². The zero-order valence-corrected chi connectivity index (χ0v) is 23.5. The Bertz CT molecular complexity index is 658. The van der Waals surface area contributed by atoms with E-state index in [1.54, 1.807) is 0 Å². The molecule has 0 heterocycles. The Balaban J connectivity index is 0.00000612. The molecule has 0 atom stereocenters. The van der Waals surface area contributed by atoms with Gasteiger partial charge in [0.25, 0.3) is 0 Å². The summed E-state index contributed by atoms with van der Waals surface area (Å²) < 4.78 is 0. The molecule has 0 amide bonds. The van der Waals surface area contributed by atoms with E-state index >= 15 is 0 Å². The number of benzene rings is 2. The lowest BCUT2D eigenvalue weighted by atomic mass is 9.81. The van der Waals surface area contributed by atoms with Gasteiger partial charge in [-0.15, -0.1) is 12.4 Å². The van der Waals surface area contributed by atoms with Crippen LogP contribution < -0.4 is 5.73 Å². The average molecular weight is 500 g/mol. The lowest BCUT2D eigenvalue weighted by Gasteiger charge is -2.30. The number of hydrogen-bond acceptors (Lipinski definition) is 1. The van der Waals surface area contributed by atoms with E-state index in [4.69, 9.17) is 5.73 Å². The fourth-order valence-electron chi connectivity index (χ4n) is 5.27. The Labute approximate surface area is 224 Å². The summed E-state index contributed by atoms with van der Waals surface area (Å²) in [6, 6.07) is 21.6. The van der Waals surface area contributed by atoms with E-state index in [-0.39, 0.29) is 17.9 Å². The minimum absolute atomic E-state index is 0. The highest BCUT2D eigenvalue weighted by Crippen LogP contribution is 2.24. The Hall–Kier alpha value is -1.31. The zero-order chi connectivity index (χ0) is 24.2. The Morgan fingerprint density at radius 3 is 1.14 bits per heavy atom. The first-order valence-corrected chi connectivity index (χ1v) is 14.6. The summed E-state index contributed by atoms with van der Waals surface area (Å²) in [6.45, 7) is 2.30. The molecule has 0 unspecified atom stereocenters. The second-order valence-corrected chi connectivity index (χ2v) is 10.7. The molecule has 0 bridgehead atoms. The third kappa shape index (κ3) is 16.1. The van der Waals surface area contributed by atoms with Crippen molar-refractivity contribution in [2.75, 3.05) is 0 Å². The molecule has 0 aliphatic rings. The van der Waals surface area contributed by atoms with E-state index in [2.05, 4.69) is 67.6 Å². The molecule has 1 nitrogen and oxygen atoms in total. The number of unbranched alkanes of at least 4 members (excludes halogenated alkanes) is 15. The average Bonchev–Trinajstić information content (AvgIpc) is 2.85. The molecule has 2 rings (SSSR count). The summed E-state index contributed by atoms with van der Waals surface area (Å²) in [5, 5.41) is 0. The van der Waals surface area contributed by atoms with E-state index in [9.17, 15) is 0 Å². The molecular weight excluding hydrogens is 446 g/mol. The van der Waals surface area contributed by atoms with Crippen molar-refractivity contribution in [3.63, 3.8) is 0 Å². The van der Waals surface area contributed by atoms with Gasteiger partial charge in [-0.25, -0.2) is 0 Å². The molecule has 2 heteroatoms. The summed E-state index contributed by atoms with van der Waals surface area (Å²) in [5.41, 5.74) is 9.59. The fourth-order valence-corrected chi connectivity index (χ4v) is 5.27. The van der Waals surface area contributed by atoms with Crippen LogP contribution in [0.25, 0.3) is 0 Å². The highest BCUT2D eigenvalue weighted by molar-refractivity contribution is 5.85. The molecule has 2 aromatic rings. The second-order valence-electron chi connectivity index (χ2n) is 10.7. The molecule has 0 spiro atoms. The van der Waals surface area contributed by atoms with Crippen LogP contribution in [0.1, 0.15) is 127 Å².